The minimum atomic E-state index is -4.79. The van der Waals surface area contributed by atoms with Gasteiger partial charge in [-0.3, -0.25) is 18.9 Å². The van der Waals surface area contributed by atoms with Crippen molar-refractivity contribution in [3.8, 4) is 0 Å². The first-order chi connectivity index (χ1) is 20.7. The molecule has 0 aliphatic rings. The fourth-order valence-electron chi connectivity index (χ4n) is 3.91. The number of hydrogen-bond acceptors (Lipinski definition) is 7. The molecule has 0 bridgehead atoms. The van der Waals surface area contributed by atoms with Crippen LogP contribution in [-0.4, -0.2) is 46.8 Å². The second-order valence-electron chi connectivity index (χ2n) is 10.5. The highest BCUT2D eigenvalue weighted by molar-refractivity contribution is 7.46. The summed E-state index contributed by atoms with van der Waals surface area (Å²) in [4.78, 5) is 54.3. The topological polar surface area (TPSA) is 136 Å². The maximum atomic E-state index is 12.2. The van der Waals surface area contributed by atoms with E-state index in [9.17, 15) is 18.9 Å². The zero-order valence-corrected chi connectivity index (χ0v) is 27.2. The summed E-state index contributed by atoms with van der Waals surface area (Å²) in [6.07, 6.45) is 28.7. The summed E-state index contributed by atoms with van der Waals surface area (Å²) < 4.78 is 25.9. The van der Waals surface area contributed by atoms with Gasteiger partial charge in [0.15, 0.2) is 11.9 Å². The Bertz CT molecular complexity index is 902. The van der Waals surface area contributed by atoms with Crippen LogP contribution in [0.4, 0.5) is 0 Å². The summed E-state index contributed by atoms with van der Waals surface area (Å²) in [7, 11) is -4.79. The maximum absolute atomic E-state index is 12.2. The number of carbonyl (C=O) groups excluding carboxylic acids is 3. The van der Waals surface area contributed by atoms with Crippen molar-refractivity contribution >= 4 is 25.5 Å². The van der Waals surface area contributed by atoms with Gasteiger partial charge in [0.05, 0.1) is 6.61 Å². The maximum Gasteiger partial charge on any atom is 0.469 e. The SMILES string of the molecule is CCCCC/C=C\C/C=C\C/C=C\C=C\C(=O)CCCC(=O)OC[C@H](COP(=O)(O)O)OC(=O)CCCCCCCCC. The third kappa shape index (κ3) is 30.9. The van der Waals surface area contributed by atoms with Gasteiger partial charge in [0.1, 0.15) is 6.61 Å². The van der Waals surface area contributed by atoms with Gasteiger partial charge in [-0.15, -0.1) is 0 Å². The van der Waals surface area contributed by atoms with Gasteiger partial charge >= 0.3 is 19.8 Å². The first-order valence-corrected chi connectivity index (χ1v) is 17.4. The standard InChI is InChI=1S/C33H55O9P/c1-3-5-7-9-11-12-13-14-15-16-18-19-21-24-30(34)25-23-27-32(35)40-28-31(29-41-43(37,38)39)42-33(36)26-22-20-17-10-8-6-4-2/h11-12,14-15,18-19,21,24,31H,3-10,13,16-17,20,22-23,25-29H2,1-2H3,(H2,37,38,39)/b12-11-,15-14-,19-18-,24-21+/t31-/m1/s1. The van der Waals surface area contributed by atoms with E-state index in [4.69, 9.17) is 19.3 Å². The monoisotopic (exact) mass is 626 g/mol. The number of ether oxygens (including phenoxy) is 2. The number of phosphoric ester groups is 1. The molecule has 0 fully saturated rings. The molecule has 43 heavy (non-hydrogen) atoms. The molecule has 0 aliphatic carbocycles. The van der Waals surface area contributed by atoms with E-state index in [-0.39, 0.29) is 31.5 Å². The Balaban J connectivity index is 4.25. The normalized spacial score (nSPS) is 13.0. The smallest absolute Gasteiger partial charge is 0.462 e. The van der Waals surface area contributed by atoms with E-state index < -0.39 is 39.1 Å². The van der Waals surface area contributed by atoms with Crippen LogP contribution in [0, 0.1) is 0 Å². The quantitative estimate of drug-likeness (QED) is 0.0221. The fourth-order valence-corrected chi connectivity index (χ4v) is 4.27. The fraction of sp³-hybridized carbons (Fsp3) is 0.667. The van der Waals surface area contributed by atoms with E-state index >= 15 is 0 Å². The molecule has 2 N–H and O–H groups in total. The molecule has 0 aliphatic heterocycles. The summed E-state index contributed by atoms with van der Waals surface area (Å²) in [6, 6.07) is 0. The van der Waals surface area contributed by atoms with Crippen LogP contribution in [0.1, 0.15) is 123 Å². The van der Waals surface area contributed by atoms with Crippen molar-refractivity contribution in [1.82, 2.24) is 0 Å². The number of ketones is 1. The van der Waals surface area contributed by atoms with Crippen LogP contribution < -0.4 is 0 Å². The number of unbranched alkanes of at least 4 members (excludes halogenated alkanes) is 9. The molecule has 0 heterocycles. The Morgan fingerprint density at radius 1 is 0.674 bits per heavy atom. The summed E-state index contributed by atoms with van der Waals surface area (Å²) in [6.45, 7) is 3.34. The van der Waals surface area contributed by atoms with E-state index in [0.717, 1.165) is 38.5 Å². The summed E-state index contributed by atoms with van der Waals surface area (Å²) >= 11 is 0. The third-order valence-corrected chi connectivity index (χ3v) is 6.81. The van der Waals surface area contributed by atoms with Gasteiger partial charge in [0.2, 0.25) is 0 Å². The van der Waals surface area contributed by atoms with Crippen LogP contribution in [0.3, 0.4) is 0 Å². The zero-order valence-electron chi connectivity index (χ0n) is 26.3. The highest BCUT2D eigenvalue weighted by Crippen LogP contribution is 2.35. The molecule has 0 unspecified atom stereocenters. The van der Waals surface area contributed by atoms with Crippen molar-refractivity contribution in [2.24, 2.45) is 0 Å². The Labute approximate surface area is 259 Å². The average molecular weight is 627 g/mol. The van der Waals surface area contributed by atoms with E-state index in [1.165, 1.54) is 44.6 Å². The van der Waals surface area contributed by atoms with Gasteiger partial charge in [-0.1, -0.05) is 108 Å². The molecule has 0 saturated carbocycles. The van der Waals surface area contributed by atoms with Gasteiger partial charge in [-0.05, 0) is 44.6 Å². The molecule has 0 aromatic rings. The minimum absolute atomic E-state index is 0.0225. The second-order valence-corrected chi connectivity index (χ2v) is 11.7. The van der Waals surface area contributed by atoms with Gasteiger partial charge in [0.25, 0.3) is 0 Å². The lowest BCUT2D eigenvalue weighted by atomic mass is 10.1. The van der Waals surface area contributed by atoms with Crippen LogP contribution in [0.5, 0.6) is 0 Å². The summed E-state index contributed by atoms with van der Waals surface area (Å²) in [5.74, 6) is -1.27. The van der Waals surface area contributed by atoms with Crippen molar-refractivity contribution in [1.29, 1.82) is 0 Å². The van der Waals surface area contributed by atoms with E-state index in [0.29, 0.717) is 6.42 Å². The Hall–Kier alpha value is -2.32. The predicted octanol–water partition coefficient (Wildman–Crippen LogP) is 8.02. The number of rotatable bonds is 28. The Kier molecular flexibility index (Phi) is 26.9. The third-order valence-electron chi connectivity index (χ3n) is 6.33. The highest BCUT2D eigenvalue weighted by Gasteiger charge is 2.22. The van der Waals surface area contributed by atoms with E-state index in [2.05, 4.69) is 42.7 Å². The van der Waals surface area contributed by atoms with Crippen molar-refractivity contribution < 1.29 is 42.7 Å². The van der Waals surface area contributed by atoms with Crippen LogP contribution in [0.15, 0.2) is 48.6 Å². The van der Waals surface area contributed by atoms with Crippen molar-refractivity contribution in [3.63, 3.8) is 0 Å². The molecule has 1 atom stereocenters. The number of carbonyl (C=O) groups is 3. The lowest BCUT2D eigenvalue weighted by Crippen LogP contribution is -2.29. The van der Waals surface area contributed by atoms with Gasteiger partial charge in [-0.25, -0.2) is 4.57 Å². The first kappa shape index (κ1) is 40.7. The number of allylic oxidation sites excluding steroid dienone is 8. The van der Waals surface area contributed by atoms with Gasteiger partial charge < -0.3 is 19.3 Å². The van der Waals surface area contributed by atoms with Gasteiger partial charge in [-0.2, -0.15) is 0 Å². The molecule has 0 spiro atoms. The molecule has 0 saturated heterocycles. The predicted molar refractivity (Wildman–Crippen MR) is 170 cm³/mol. The van der Waals surface area contributed by atoms with Crippen LogP contribution in [-0.2, 0) is 32.9 Å². The van der Waals surface area contributed by atoms with E-state index in [1.54, 1.807) is 6.08 Å². The second kappa shape index (κ2) is 28.5. The lowest BCUT2D eigenvalue weighted by molar-refractivity contribution is -0.161. The number of esters is 2. The summed E-state index contributed by atoms with van der Waals surface area (Å²) in [5.41, 5.74) is 0. The molecular weight excluding hydrogens is 571 g/mol. The molecular formula is C33H55O9P. The minimum Gasteiger partial charge on any atom is -0.462 e. The average Bonchev–Trinajstić information content (AvgIpc) is 2.96. The highest BCUT2D eigenvalue weighted by atomic mass is 31.2. The molecule has 246 valence electrons. The van der Waals surface area contributed by atoms with Crippen molar-refractivity contribution in [2.75, 3.05) is 13.2 Å². The molecule has 0 amide bonds. The Morgan fingerprint density at radius 2 is 1.28 bits per heavy atom. The molecule has 0 aromatic heterocycles. The molecule has 9 nitrogen and oxygen atoms in total. The van der Waals surface area contributed by atoms with Crippen molar-refractivity contribution in [2.45, 2.75) is 129 Å². The Morgan fingerprint density at radius 3 is 1.98 bits per heavy atom. The van der Waals surface area contributed by atoms with Crippen molar-refractivity contribution in [3.05, 3.63) is 48.6 Å². The number of hydrogen-bond donors (Lipinski definition) is 2. The van der Waals surface area contributed by atoms with E-state index in [1.807, 2.05) is 12.2 Å². The summed E-state index contributed by atoms with van der Waals surface area (Å²) in [5, 5.41) is 0. The lowest BCUT2D eigenvalue weighted by Gasteiger charge is -2.18. The van der Waals surface area contributed by atoms with Crippen LogP contribution in [0.25, 0.3) is 0 Å². The van der Waals surface area contributed by atoms with Gasteiger partial charge in [0, 0.05) is 19.3 Å². The van der Waals surface area contributed by atoms with Crippen LogP contribution >= 0.6 is 7.82 Å². The number of phosphoric acid groups is 1. The molecule has 10 heteroatoms. The zero-order chi connectivity index (χ0) is 32.0. The molecule has 0 radical (unpaired) electrons. The molecule has 0 rings (SSSR count). The first-order valence-electron chi connectivity index (χ1n) is 15.9. The molecule has 0 aromatic carbocycles. The van der Waals surface area contributed by atoms with Crippen LogP contribution in [0.2, 0.25) is 0 Å². The largest absolute Gasteiger partial charge is 0.469 e.